The van der Waals surface area contributed by atoms with Crippen LogP contribution in [0, 0.1) is 6.92 Å². The molecule has 0 spiro atoms. The van der Waals surface area contributed by atoms with Gasteiger partial charge in [-0.3, -0.25) is 0 Å². The van der Waals surface area contributed by atoms with Crippen LogP contribution in [0.1, 0.15) is 49.5 Å². The van der Waals surface area contributed by atoms with E-state index in [2.05, 4.69) is 6.08 Å². The highest BCUT2D eigenvalue weighted by Crippen LogP contribution is 2.28. The molecule has 0 aromatic carbocycles. The number of hydrogen-bond donors (Lipinski definition) is 1. The molecule has 0 fully saturated rings. The van der Waals surface area contributed by atoms with Crippen LogP contribution in [0.2, 0.25) is 0 Å². The molecular weight excluding hydrogens is 186 g/mol. The standard InChI is InChI=1S/C13H19NO/c1-10-8-12(9-15-10)13(14)11-6-4-2-3-5-7-11/h6,8-9,13H,2-5,7,14H2,1H3. The predicted octanol–water partition coefficient (Wildman–Crippen LogP) is 3.48. The molecule has 15 heavy (non-hydrogen) atoms. The smallest absolute Gasteiger partial charge is 0.101 e. The summed E-state index contributed by atoms with van der Waals surface area (Å²) in [6, 6.07) is 2.08. The zero-order chi connectivity index (χ0) is 10.7. The molecule has 1 aromatic rings. The van der Waals surface area contributed by atoms with Crippen molar-refractivity contribution in [3.63, 3.8) is 0 Å². The Kier molecular flexibility index (Phi) is 3.27. The first-order chi connectivity index (χ1) is 7.27. The quantitative estimate of drug-likeness (QED) is 0.751. The lowest BCUT2D eigenvalue weighted by atomic mass is 9.98. The molecule has 1 aromatic heterocycles. The van der Waals surface area contributed by atoms with Crippen molar-refractivity contribution in [3.05, 3.63) is 35.3 Å². The molecule has 2 heteroatoms. The molecule has 1 atom stereocenters. The Morgan fingerprint density at radius 3 is 2.93 bits per heavy atom. The summed E-state index contributed by atoms with van der Waals surface area (Å²) in [7, 11) is 0. The van der Waals surface area contributed by atoms with Gasteiger partial charge >= 0.3 is 0 Å². The van der Waals surface area contributed by atoms with Gasteiger partial charge < -0.3 is 10.2 Å². The van der Waals surface area contributed by atoms with Gasteiger partial charge in [0.25, 0.3) is 0 Å². The van der Waals surface area contributed by atoms with Crippen LogP contribution in [-0.4, -0.2) is 0 Å². The molecule has 0 amide bonds. The van der Waals surface area contributed by atoms with Crippen LogP contribution in [0.15, 0.2) is 28.4 Å². The SMILES string of the molecule is Cc1cc(C(N)C2=CCCCCC2)co1. The highest BCUT2D eigenvalue weighted by Gasteiger charge is 2.14. The fourth-order valence-electron chi connectivity index (χ4n) is 2.16. The molecule has 2 rings (SSSR count). The third kappa shape index (κ3) is 2.51. The predicted molar refractivity (Wildman–Crippen MR) is 61.5 cm³/mol. The monoisotopic (exact) mass is 205 g/mol. The van der Waals surface area contributed by atoms with Crippen molar-refractivity contribution in [3.8, 4) is 0 Å². The Labute approximate surface area is 91.2 Å². The topological polar surface area (TPSA) is 39.2 Å². The number of nitrogens with two attached hydrogens (primary N) is 1. The Bertz CT molecular complexity index is 351. The van der Waals surface area contributed by atoms with E-state index in [0.29, 0.717) is 0 Å². The highest BCUT2D eigenvalue weighted by atomic mass is 16.3. The fraction of sp³-hybridized carbons (Fsp3) is 0.538. The summed E-state index contributed by atoms with van der Waals surface area (Å²) in [5.74, 6) is 0.940. The van der Waals surface area contributed by atoms with E-state index in [4.69, 9.17) is 10.2 Å². The minimum Gasteiger partial charge on any atom is -0.469 e. The van der Waals surface area contributed by atoms with E-state index in [0.717, 1.165) is 17.7 Å². The molecule has 82 valence electrons. The minimum absolute atomic E-state index is 0.0422. The number of allylic oxidation sites excluding steroid dienone is 1. The summed E-state index contributed by atoms with van der Waals surface area (Å²) in [5, 5.41) is 0. The molecule has 0 aliphatic heterocycles. The average Bonchev–Trinajstić information content (AvgIpc) is 2.53. The molecule has 0 saturated carbocycles. The summed E-state index contributed by atoms with van der Waals surface area (Å²) in [6.07, 6.45) is 10.3. The van der Waals surface area contributed by atoms with Crippen LogP contribution in [0.3, 0.4) is 0 Å². The van der Waals surface area contributed by atoms with Gasteiger partial charge in [-0.2, -0.15) is 0 Å². The van der Waals surface area contributed by atoms with E-state index >= 15 is 0 Å². The van der Waals surface area contributed by atoms with Gasteiger partial charge in [0.15, 0.2) is 0 Å². The van der Waals surface area contributed by atoms with Crippen molar-refractivity contribution >= 4 is 0 Å². The van der Waals surface area contributed by atoms with Gasteiger partial charge in [0.2, 0.25) is 0 Å². The summed E-state index contributed by atoms with van der Waals surface area (Å²) in [4.78, 5) is 0. The van der Waals surface area contributed by atoms with Crippen LogP contribution in [-0.2, 0) is 0 Å². The zero-order valence-electron chi connectivity index (χ0n) is 9.33. The van der Waals surface area contributed by atoms with Crippen molar-refractivity contribution in [1.82, 2.24) is 0 Å². The average molecular weight is 205 g/mol. The van der Waals surface area contributed by atoms with Crippen molar-refractivity contribution in [2.45, 2.75) is 45.1 Å². The van der Waals surface area contributed by atoms with E-state index in [1.54, 1.807) is 6.26 Å². The fourth-order valence-corrected chi connectivity index (χ4v) is 2.16. The van der Waals surface area contributed by atoms with Crippen molar-refractivity contribution in [2.24, 2.45) is 5.73 Å². The number of rotatable bonds is 2. The van der Waals surface area contributed by atoms with E-state index in [-0.39, 0.29) is 6.04 Å². The van der Waals surface area contributed by atoms with Crippen LogP contribution in [0.4, 0.5) is 0 Å². The van der Waals surface area contributed by atoms with Gasteiger partial charge in [0.1, 0.15) is 5.76 Å². The maximum absolute atomic E-state index is 6.22. The first-order valence-electron chi connectivity index (χ1n) is 5.77. The largest absolute Gasteiger partial charge is 0.469 e. The Balaban J connectivity index is 2.12. The second kappa shape index (κ2) is 4.67. The molecule has 2 nitrogen and oxygen atoms in total. The summed E-state index contributed by atoms with van der Waals surface area (Å²) < 4.78 is 5.30. The lowest BCUT2D eigenvalue weighted by molar-refractivity contribution is 0.530. The molecule has 1 aliphatic rings. The van der Waals surface area contributed by atoms with Crippen LogP contribution >= 0.6 is 0 Å². The summed E-state index contributed by atoms with van der Waals surface area (Å²) >= 11 is 0. The van der Waals surface area contributed by atoms with Gasteiger partial charge in [-0.15, -0.1) is 0 Å². The molecule has 0 radical (unpaired) electrons. The molecule has 2 N–H and O–H groups in total. The third-order valence-electron chi connectivity index (χ3n) is 3.09. The second-order valence-corrected chi connectivity index (χ2v) is 4.35. The number of furan rings is 1. The Morgan fingerprint density at radius 2 is 2.20 bits per heavy atom. The first kappa shape index (κ1) is 10.5. The van der Waals surface area contributed by atoms with Gasteiger partial charge in [-0.25, -0.2) is 0 Å². The van der Waals surface area contributed by atoms with Gasteiger partial charge in [0, 0.05) is 5.56 Å². The van der Waals surface area contributed by atoms with Crippen LogP contribution < -0.4 is 5.73 Å². The van der Waals surface area contributed by atoms with Crippen molar-refractivity contribution < 1.29 is 4.42 Å². The summed E-state index contributed by atoms with van der Waals surface area (Å²) in [5.41, 5.74) is 8.72. The second-order valence-electron chi connectivity index (χ2n) is 4.35. The third-order valence-corrected chi connectivity index (χ3v) is 3.09. The summed E-state index contributed by atoms with van der Waals surface area (Å²) in [6.45, 7) is 1.96. The molecule has 0 bridgehead atoms. The highest BCUT2D eigenvalue weighted by molar-refractivity contribution is 5.26. The van der Waals surface area contributed by atoms with Crippen LogP contribution in [0.5, 0.6) is 0 Å². The van der Waals surface area contributed by atoms with Gasteiger partial charge in [0.05, 0.1) is 12.3 Å². The zero-order valence-corrected chi connectivity index (χ0v) is 9.33. The molecule has 1 unspecified atom stereocenters. The first-order valence-corrected chi connectivity index (χ1v) is 5.77. The number of aryl methyl sites for hydroxylation is 1. The maximum Gasteiger partial charge on any atom is 0.101 e. The number of hydrogen-bond acceptors (Lipinski definition) is 2. The van der Waals surface area contributed by atoms with Crippen molar-refractivity contribution in [1.29, 1.82) is 0 Å². The molecule has 1 aliphatic carbocycles. The lowest BCUT2D eigenvalue weighted by Gasteiger charge is -2.13. The van der Waals surface area contributed by atoms with Crippen molar-refractivity contribution in [2.75, 3.05) is 0 Å². The lowest BCUT2D eigenvalue weighted by Crippen LogP contribution is -2.12. The van der Waals surface area contributed by atoms with E-state index in [1.165, 1.54) is 31.3 Å². The molecule has 1 heterocycles. The van der Waals surface area contributed by atoms with Crippen LogP contribution in [0.25, 0.3) is 0 Å². The van der Waals surface area contributed by atoms with E-state index in [1.807, 2.05) is 13.0 Å². The van der Waals surface area contributed by atoms with Gasteiger partial charge in [-0.1, -0.05) is 18.1 Å². The van der Waals surface area contributed by atoms with E-state index in [9.17, 15) is 0 Å². The minimum atomic E-state index is 0.0422. The Hall–Kier alpha value is -1.02. The normalized spacial score (nSPS) is 19.5. The molecule has 0 saturated heterocycles. The Morgan fingerprint density at radius 1 is 1.33 bits per heavy atom. The molecular formula is C13H19NO. The van der Waals surface area contributed by atoms with Gasteiger partial charge in [-0.05, 0) is 38.7 Å². The maximum atomic E-state index is 6.22. The van der Waals surface area contributed by atoms with E-state index < -0.39 is 0 Å².